The van der Waals surface area contributed by atoms with Crippen LogP contribution in [0.15, 0.2) is 27.1 Å². The Kier molecular flexibility index (Phi) is 5.85. The van der Waals surface area contributed by atoms with Crippen LogP contribution < -0.4 is 0 Å². The van der Waals surface area contributed by atoms with E-state index in [-0.39, 0.29) is 12.0 Å². The Bertz CT molecular complexity index is 967. The van der Waals surface area contributed by atoms with Gasteiger partial charge in [0.05, 0.1) is 22.0 Å². The van der Waals surface area contributed by atoms with E-state index in [0.29, 0.717) is 12.2 Å². The van der Waals surface area contributed by atoms with E-state index in [9.17, 15) is 9.90 Å². The van der Waals surface area contributed by atoms with Crippen molar-refractivity contribution in [2.75, 3.05) is 0 Å². The minimum absolute atomic E-state index is 0.0988. The summed E-state index contributed by atoms with van der Waals surface area (Å²) in [4.78, 5) is 17.3. The maximum Gasteiger partial charge on any atom is 0.151 e. The number of aromatic nitrogens is 2. The Morgan fingerprint density at radius 2 is 2.07 bits per heavy atom. The number of hydrogen-bond acceptors (Lipinski definition) is 7. The second-order valence-electron chi connectivity index (χ2n) is 7.52. The number of aryl methyl sites for hydroxylation is 2. The molecule has 148 valence electrons. The van der Waals surface area contributed by atoms with E-state index in [1.807, 2.05) is 26.0 Å². The van der Waals surface area contributed by atoms with Gasteiger partial charge >= 0.3 is 0 Å². The third kappa shape index (κ3) is 4.31. The summed E-state index contributed by atoms with van der Waals surface area (Å²) in [6.07, 6.45) is 3.36. The minimum atomic E-state index is -0.223. The van der Waals surface area contributed by atoms with Crippen LogP contribution in [0.5, 0.6) is 0 Å². The lowest BCUT2D eigenvalue weighted by atomic mass is 9.83. The molecule has 7 heteroatoms. The molecule has 5 nitrogen and oxygen atoms in total. The van der Waals surface area contributed by atoms with Gasteiger partial charge in [-0.15, -0.1) is 11.3 Å². The topological polar surface area (TPSA) is 76.2 Å². The van der Waals surface area contributed by atoms with Gasteiger partial charge < -0.3 is 9.63 Å². The summed E-state index contributed by atoms with van der Waals surface area (Å²) in [5.41, 5.74) is 4.09. The van der Waals surface area contributed by atoms with Crippen molar-refractivity contribution in [2.24, 2.45) is 5.92 Å². The summed E-state index contributed by atoms with van der Waals surface area (Å²) in [5.74, 6) is 2.05. The first-order valence-electron chi connectivity index (χ1n) is 9.64. The number of aliphatic hydroxyl groups is 1. The van der Waals surface area contributed by atoms with Gasteiger partial charge in [0.15, 0.2) is 4.34 Å². The van der Waals surface area contributed by atoms with Gasteiger partial charge in [0, 0.05) is 23.7 Å². The maximum atomic E-state index is 12.6. The van der Waals surface area contributed by atoms with Crippen LogP contribution in [-0.2, 0) is 17.0 Å². The molecule has 0 amide bonds. The van der Waals surface area contributed by atoms with E-state index >= 15 is 0 Å². The summed E-state index contributed by atoms with van der Waals surface area (Å²) in [6, 6.07) is 6.13. The van der Waals surface area contributed by atoms with E-state index < -0.39 is 0 Å². The third-order valence-corrected chi connectivity index (χ3v) is 7.67. The van der Waals surface area contributed by atoms with E-state index in [2.05, 4.69) is 11.2 Å². The van der Waals surface area contributed by atoms with E-state index in [1.54, 1.807) is 23.1 Å². The first-order chi connectivity index (χ1) is 13.5. The molecule has 0 saturated heterocycles. The van der Waals surface area contributed by atoms with Crippen LogP contribution >= 0.6 is 23.1 Å². The Morgan fingerprint density at radius 3 is 2.79 bits per heavy atom. The predicted octanol–water partition coefficient (Wildman–Crippen LogP) is 4.86. The van der Waals surface area contributed by atoms with Crippen LogP contribution in [0, 0.1) is 19.8 Å². The van der Waals surface area contributed by atoms with Gasteiger partial charge in [-0.1, -0.05) is 23.0 Å². The summed E-state index contributed by atoms with van der Waals surface area (Å²) < 4.78 is 7.35. The molecule has 0 unspecified atom stereocenters. The number of aliphatic hydroxyl groups excluding tert-OH is 1. The van der Waals surface area contributed by atoms with Crippen LogP contribution in [0.4, 0.5) is 0 Å². The molecule has 0 spiro atoms. The normalized spacial score (nSPS) is 20.0. The smallest absolute Gasteiger partial charge is 0.151 e. The molecule has 0 radical (unpaired) electrons. The maximum absolute atomic E-state index is 12.6. The average Bonchev–Trinajstić information content (AvgIpc) is 3.22. The highest BCUT2D eigenvalue weighted by Gasteiger charge is 2.25. The van der Waals surface area contributed by atoms with Crippen LogP contribution in [0.25, 0.3) is 10.2 Å². The standard InChI is InChI=1S/C21H24N2O3S2/c1-12-17(13(2)26-23-12)11-27-21-22-18-8-3-14(10-20(18)28-21)9-19(25)15-4-6-16(24)7-5-15/h3,8,10,15-16,24H,4-7,9,11H2,1-2H3. The van der Waals surface area contributed by atoms with Crippen molar-refractivity contribution in [1.82, 2.24) is 10.1 Å². The molecule has 28 heavy (non-hydrogen) atoms. The molecule has 1 aromatic carbocycles. The molecule has 2 aromatic heterocycles. The van der Waals surface area contributed by atoms with Gasteiger partial charge in [-0.25, -0.2) is 4.98 Å². The second kappa shape index (κ2) is 8.35. The molecule has 3 aromatic rings. The SMILES string of the molecule is Cc1noc(C)c1CSc1nc2ccc(CC(=O)C3CCC(O)CC3)cc2s1. The Balaban J connectivity index is 1.42. The van der Waals surface area contributed by atoms with Crippen LogP contribution in [-0.4, -0.2) is 27.1 Å². The number of hydrogen-bond donors (Lipinski definition) is 1. The number of thiazole rings is 1. The number of benzene rings is 1. The van der Waals surface area contributed by atoms with Crippen LogP contribution in [0.2, 0.25) is 0 Å². The molecule has 0 bridgehead atoms. The second-order valence-corrected chi connectivity index (χ2v) is 9.77. The van der Waals surface area contributed by atoms with Gasteiger partial charge in [0.1, 0.15) is 11.5 Å². The molecule has 1 fully saturated rings. The minimum Gasteiger partial charge on any atom is -0.393 e. The van der Waals surface area contributed by atoms with Crippen molar-refractivity contribution in [3.8, 4) is 0 Å². The van der Waals surface area contributed by atoms with Crippen molar-refractivity contribution in [3.63, 3.8) is 0 Å². The average molecular weight is 417 g/mol. The molecular formula is C21H24N2O3S2. The zero-order valence-electron chi connectivity index (χ0n) is 16.1. The first kappa shape index (κ1) is 19.6. The highest BCUT2D eigenvalue weighted by Crippen LogP contribution is 2.34. The Hall–Kier alpha value is -1.70. The van der Waals surface area contributed by atoms with Crippen molar-refractivity contribution < 1.29 is 14.4 Å². The number of ketones is 1. The number of rotatable bonds is 6. The highest BCUT2D eigenvalue weighted by atomic mass is 32.2. The fourth-order valence-corrected chi connectivity index (χ4v) is 5.99. The van der Waals surface area contributed by atoms with Crippen molar-refractivity contribution >= 4 is 39.1 Å². The van der Waals surface area contributed by atoms with Gasteiger partial charge in [-0.05, 0) is 57.2 Å². The molecule has 0 atom stereocenters. The fraction of sp³-hybridized carbons (Fsp3) is 0.476. The lowest BCUT2D eigenvalue weighted by Gasteiger charge is -2.24. The lowest BCUT2D eigenvalue weighted by Crippen LogP contribution is -2.25. The van der Waals surface area contributed by atoms with E-state index in [4.69, 9.17) is 9.51 Å². The summed E-state index contributed by atoms with van der Waals surface area (Å²) in [7, 11) is 0. The van der Waals surface area contributed by atoms with Crippen LogP contribution in [0.3, 0.4) is 0 Å². The number of nitrogens with zero attached hydrogens (tertiary/aromatic N) is 2. The largest absolute Gasteiger partial charge is 0.393 e. The zero-order chi connectivity index (χ0) is 19.7. The Labute approximate surface area is 172 Å². The Morgan fingerprint density at radius 1 is 1.29 bits per heavy atom. The highest BCUT2D eigenvalue weighted by molar-refractivity contribution is 8.00. The molecular weight excluding hydrogens is 392 g/mol. The van der Waals surface area contributed by atoms with Crippen molar-refractivity contribution in [3.05, 3.63) is 40.8 Å². The summed E-state index contributed by atoms with van der Waals surface area (Å²) in [6.45, 7) is 3.89. The van der Waals surface area contributed by atoms with Crippen LogP contribution in [0.1, 0.15) is 48.3 Å². The number of Topliss-reactive ketones (excluding diaryl/α,β-unsaturated/α-hetero) is 1. The molecule has 1 aliphatic rings. The molecule has 0 aliphatic heterocycles. The van der Waals surface area contributed by atoms with Gasteiger partial charge in [-0.2, -0.15) is 0 Å². The number of fused-ring (bicyclic) bond motifs is 1. The monoisotopic (exact) mass is 416 g/mol. The zero-order valence-corrected chi connectivity index (χ0v) is 17.7. The molecule has 2 heterocycles. The first-order valence-corrected chi connectivity index (χ1v) is 11.4. The fourth-order valence-electron chi connectivity index (χ4n) is 3.70. The molecule has 1 aliphatic carbocycles. The van der Waals surface area contributed by atoms with Crippen molar-refractivity contribution in [2.45, 2.75) is 62.1 Å². The van der Waals surface area contributed by atoms with Gasteiger partial charge in [-0.3, -0.25) is 4.79 Å². The quantitative estimate of drug-likeness (QED) is 0.579. The molecule has 1 N–H and O–H groups in total. The molecule has 1 saturated carbocycles. The lowest BCUT2D eigenvalue weighted by molar-refractivity contribution is -0.123. The van der Waals surface area contributed by atoms with E-state index in [0.717, 1.165) is 68.6 Å². The molecule has 4 rings (SSSR count). The predicted molar refractivity (Wildman–Crippen MR) is 112 cm³/mol. The third-order valence-electron chi connectivity index (χ3n) is 5.48. The van der Waals surface area contributed by atoms with Gasteiger partial charge in [0.2, 0.25) is 0 Å². The summed E-state index contributed by atoms with van der Waals surface area (Å²) >= 11 is 3.36. The van der Waals surface area contributed by atoms with E-state index in [1.165, 1.54) is 0 Å². The number of carbonyl (C=O) groups excluding carboxylic acids is 1. The van der Waals surface area contributed by atoms with Crippen molar-refractivity contribution in [1.29, 1.82) is 0 Å². The summed E-state index contributed by atoms with van der Waals surface area (Å²) in [5, 5.41) is 13.6. The van der Waals surface area contributed by atoms with Gasteiger partial charge in [0.25, 0.3) is 0 Å². The number of carbonyl (C=O) groups is 1. The number of thioether (sulfide) groups is 1.